The van der Waals surface area contributed by atoms with Crippen LogP contribution in [0.2, 0.25) is 0 Å². The van der Waals surface area contributed by atoms with Gasteiger partial charge in [0.05, 0.1) is 0 Å². The highest BCUT2D eigenvalue weighted by Crippen LogP contribution is 2.33. The van der Waals surface area contributed by atoms with Crippen molar-refractivity contribution in [1.82, 2.24) is 10.3 Å². The minimum atomic E-state index is 0.866. The van der Waals surface area contributed by atoms with Crippen molar-refractivity contribution in [3.63, 3.8) is 0 Å². The molecule has 0 aliphatic carbocycles. The zero-order chi connectivity index (χ0) is 14.7. The number of para-hydroxylation sites is 1. The van der Waals surface area contributed by atoms with Gasteiger partial charge in [0.15, 0.2) is 0 Å². The molecule has 0 spiro atoms. The summed E-state index contributed by atoms with van der Waals surface area (Å²) >= 11 is 0. The third-order valence-electron chi connectivity index (χ3n) is 4.10. The number of fused-ring (bicyclic) bond motifs is 1. The maximum Gasteiger partial charge on any atom is 0.135 e. The van der Waals surface area contributed by atoms with Crippen LogP contribution in [0.3, 0.4) is 0 Å². The number of nitrogens with one attached hydrogen (secondary N) is 1. The SMILES string of the molecule is CNCc1cnc(N2CCCCc3ccccc32)c(C)c1. The number of pyridine rings is 1. The van der Waals surface area contributed by atoms with E-state index in [4.69, 9.17) is 4.98 Å². The van der Waals surface area contributed by atoms with Gasteiger partial charge in [0.1, 0.15) is 5.82 Å². The normalized spacial score (nSPS) is 14.7. The second-order valence-electron chi connectivity index (χ2n) is 5.75. The molecule has 110 valence electrons. The Morgan fingerprint density at radius 2 is 2.10 bits per heavy atom. The van der Waals surface area contributed by atoms with E-state index in [1.54, 1.807) is 0 Å². The zero-order valence-electron chi connectivity index (χ0n) is 12.9. The molecule has 1 aliphatic rings. The second-order valence-corrected chi connectivity index (χ2v) is 5.75. The summed E-state index contributed by atoms with van der Waals surface area (Å²) in [4.78, 5) is 7.14. The van der Waals surface area contributed by atoms with Crippen LogP contribution < -0.4 is 10.2 Å². The smallest absolute Gasteiger partial charge is 0.135 e. The quantitative estimate of drug-likeness (QED) is 0.932. The largest absolute Gasteiger partial charge is 0.326 e. The number of benzene rings is 1. The van der Waals surface area contributed by atoms with Crippen LogP contribution in [0.15, 0.2) is 36.5 Å². The molecule has 21 heavy (non-hydrogen) atoms. The molecular weight excluding hydrogens is 258 g/mol. The molecule has 1 aromatic heterocycles. The molecule has 3 heteroatoms. The molecule has 0 atom stereocenters. The third-order valence-corrected chi connectivity index (χ3v) is 4.10. The van der Waals surface area contributed by atoms with Gasteiger partial charge in [-0.1, -0.05) is 18.2 Å². The molecule has 1 aliphatic heterocycles. The Kier molecular flexibility index (Phi) is 4.20. The molecule has 2 heterocycles. The highest BCUT2D eigenvalue weighted by atomic mass is 15.2. The van der Waals surface area contributed by atoms with Gasteiger partial charge in [-0.05, 0) is 62.1 Å². The molecule has 3 nitrogen and oxygen atoms in total. The van der Waals surface area contributed by atoms with E-state index < -0.39 is 0 Å². The highest BCUT2D eigenvalue weighted by molar-refractivity contribution is 5.66. The van der Waals surface area contributed by atoms with Crippen molar-refractivity contribution in [3.8, 4) is 0 Å². The molecule has 0 saturated carbocycles. The lowest BCUT2D eigenvalue weighted by molar-refractivity contribution is 0.755. The van der Waals surface area contributed by atoms with Gasteiger partial charge in [0, 0.05) is 25.0 Å². The van der Waals surface area contributed by atoms with E-state index >= 15 is 0 Å². The average molecular weight is 281 g/mol. The van der Waals surface area contributed by atoms with Crippen molar-refractivity contribution in [2.24, 2.45) is 0 Å². The van der Waals surface area contributed by atoms with Crippen LogP contribution in [0.25, 0.3) is 0 Å². The number of aryl methyl sites for hydroxylation is 2. The average Bonchev–Trinajstić information content (AvgIpc) is 2.70. The van der Waals surface area contributed by atoms with Crippen molar-refractivity contribution in [1.29, 1.82) is 0 Å². The Morgan fingerprint density at radius 3 is 2.90 bits per heavy atom. The van der Waals surface area contributed by atoms with E-state index in [9.17, 15) is 0 Å². The first-order valence-electron chi connectivity index (χ1n) is 7.75. The van der Waals surface area contributed by atoms with E-state index in [0.29, 0.717) is 0 Å². The van der Waals surface area contributed by atoms with Crippen molar-refractivity contribution in [2.45, 2.75) is 32.7 Å². The van der Waals surface area contributed by atoms with E-state index in [0.717, 1.165) is 18.9 Å². The molecule has 2 aromatic rings. The zero-order valence-corrected chi connectivity index (χ0v) is 12.9. The molecule has 0 amide bonds. The maximum atomic E-state index is 4.75. The van der Waals surface area contributed by atoms with Gasteiger partial charge in [-0.15, -0.1) is 0 Å². The summed E-state index contributed by atoms with van der Waals surface area (Å²) in [6, 6.07) is 11.0. The second kappa shape index (κ2) is 6.27. The Bertz CT molecular complexity index is 622. The summed E-state index contributed by atoms with van der Waals surface area (Å²) in [6.45, 7) is 4.08. The minimum absolute atomic E-state index is 0.866. The maximum absolute atomic E-state index is 4.75. The fraction of sp³-hybridized carbons (Fsp3) is 0.389. The van der Waals surface area contributed by atoms with Crippen molar-refractivity contribution >= 4 is 11.5 Å². The van der Waals surface area contributed by atoms with Gasteiger partial charge in [-0.25, -0.2) is 4.98 Å². The Labute approximate surface area is 127 Å². The van der Waals surface area contributed by atoms with Gasteiger partial charge in [-0.2, -0.15) is 0 Å². The molecular formula is C18H23N3. The summed E-state index contributed by atoms with van der Waals surface area (Å²) in [5.74, 6) is 1.10. The molecule has 1 aromatic carbocycles. The van der Waals surface area contributed by atoms with Gasteiger partial charge in [-0.3, -0.25) is 0 Å². The predicted octanol–water partition coefficient (Wildman–Crippen LogP) is 3.58. The fourth-order valence-corrected chi connectivity index (χ4v) is 3.12. The van der Waals surface area contributed by atoms with Gasteiger partial charge >= 0.3 is 0 Å². The number of hydrogen-bond acceptors (Lipinski definition) is 3. The molecule has 0 fully saturated rings. The summed E-state index contributed by atoms with van der Waals surface area (Å²) in [5, 5.41) is 3.18. The van der Waals surface area contributed by atoms with Gasteiger partial charge in [0.2, 0.25) is 0 Å². The number of aromatic nitrogens is 1. The number of rotatable bonds is 3. The van der Waals surface area contributed by atoms with Crippen LogP contribution in [-0.2, 0) is 13.0 Å². The van der Waals surface area contributed by atoms with Crippen molar-refractivity contribution in [2.75, 3.05) is 18.5 Å². The standard InChI is InChI=1S/C18H23N3/c1-14-11-15(12-19-2)13-20-18(14)21-10-6-5-8-16-7-3-4-9-17(16)21/h3-4,7,9,11,13,19H,5-6,8,10,12H2,1-2H3. The Morgan fingerprint density at radius 1 is 1.24 bits per heavy atom. The topological polar surface area (TPSA) is 28.2 Å². The van der Waals surface area contributed by atoms with Crippen LogP contribution in [0, 0.1) is 6.92 Å². The summed E-state index contributed by atoms with van der Waals surface area (Å²) in [5.41, 5.74) is 5.25. The lowest BCUT2D eigenvalue weighted by atomic mass is 10.1. The van der Waals surface area contributed by atoms with Crippen LogP contribution in [0.5, 0.6) is 0 Å². The van der Waals surface area contributed by atoms with Crippen LogP contribution in [-0.4, -0.2) is 18.6 Å². The third kappa shape index (κ3) is 2.93. The molecule has 0 unspecified atom stereocenters. The first-order valence-corrected chi connectivity index (χ1v) is 7.75. The van der Waals surface area contributed by atoms with Crippen LogP contribution >= 0.6 is 0 Å². The Balaban J connectivity index is 2.00. The first-order chi connectivity index (χ1) is 10.3. The van der Waals surface area contributed by atoms with E-state index in [-0.39, 0.29) is 0 Å². The lowest BCUT2D eigenvalue weighted by Gasteiger charge is -2.25. The highest BCUT2D eigenvalue weighted by Gasteiger charge is 2.18. The lowest BCUT2D eigenvalue weighted by Crippen LogP contribution is -2.20. The van der Waals surface area contributed by atoms with Crippen LogP contribution in [0.1, 0.15) is 29.5 Å². The predicted molar refractivity (Wildman–Crippen MR) is 88.1 cm³/mol. The van der Waals surface area contributed by atoms with Gasteiger partial charge in [0.25, 0.3) is 0 Å². The first kappa shape index (κ1) is 14.1. The van der Waals surface area contributed by atoms with Crippen molar-refractivity contribution in [3.05, 3.63) is 53.2 Å². The van der Waals surface area contributed by atoms with Crippen LogP contribution in [0.4, 0.5) is 11.5 Å². The Hall–Kier alpha value is -1.87. The number of nitrogens with zero attached hydrogens (tertiary/aromatic N) is 2. The molecule has 3 rings (SSSR count). The number of anilines is 2. The molecule has 0 radical (unpaired) electrons. The minimum Gasteiger partial charge on any atom is -0.326 e. The van der Waals surface area contributed by atoms with E-state index in [2.05, 4.69) is 47.5 Å². The van der Waals surface area contributed by atoms with E-state index in [1.165, 1.54) is 41.6 Å². The fourth-order valence-electron chi connectivity index (χ4n) is 3.12. The van der Waals surface area contributed by atoms with Gasteiger partial charge < -0.3 is 10.2 Å². The summed E-state index contributed by atoms with van der Waals surface area (Å²) in [7, 11) is 1.97. The van der Waals surface area contributed by atoms with E-state index in [1.807, 2.05) is 13.2 Å². The summed E-state index contributed by atoms with van der Waals surface area (Å²) in [6.07, 6.45) is 5.63. The molecule has 0 saturated heterocycles. The summed E-state index contributed by atoms with van der Waals surface area (Å²) < 4.78 is 0. The monoisotopic (exact) mass is 281 g/mol. The molecule has 0 bridgehead atoms. The number of hydrogen-bond donors (Lipinski definition) is 1. The molecule has 1 N–H and O–H groups in total. The van der Waals surface area contributed by atoms with Crippen molar-refractivity contribution < 1.29 is 0 Å².